The first-order valence-electron chi connectivity index (χ1n) is 7.13. The van der Waals surface area contributed by atoms with E-state index in [1.165, 1.54) is 0 Å². The van der Waals surface area contributed by atoms with Crippen LogP contribution in [0.4, 0.5) is 0 Å². The Bertz CT molecular complexity index is 927. The second-order valence-corrected chi connectivity index (χ2v) is 6.12. The maximum atomic E-state index is 12.6. The van der Waals surface area contributed by atoms with Gasteiger partial charge in [-0.2, -0.15) is 0 Å². The summed E-state index contributed by atoms with van der Waals surface area (Å²) in [6.07, 6.45) is 0. The van der Waals surface area contributed by atoms with Crippen molar-refractivity contribution in [3.63, 3.8) is 0 Å². The van der Waals surface area contributed by atoms with Crippen molar-refractivity contribution < 1.29 is 4.74 Å². The minimum Gasteiger partial charge on any atom is -0.495 e. The minimum atomic E-state index is -0.115. The summed E-state index contributed by atoms with van der Waals surface area (Å²) in [6, 6.07) is 12.6. The Kier molecular flexibility index (Phi) is 4.33. The standard InChI is InChI=1S/C18H15Cl2NO2/c1-11-9-17(22)21(10-13-14(19)6-4-7-15(13)20)18-12(11)5-3-8-16(18)23-2/h3-9H,10H2,1-2H3. The molecule has 0 saturated heterocycles. The molecule has 0 bridgehead atoms. The Morgan fingerprint density at radius 2 is 1.74 bits per heavy atom. The zero-order valence-corrected chi connectivity index (χ0v) is 14.3. The van der Waals surface area contributed by atoms with Gasteiger partial charge in [0.1, 0.15) is 5.75 Å². The van der Waals surface area contributed by atoms with Crippen molar-refractivity contribution in [2.75, 3.05) is 7.11 Å². The van der Waals surface area contributed by atoms with Crippen LogP contribution in [0.2, 0.25) is 10.0 Å². The zero-order chi connectivity index (χ0) is 16.6. The Morgan fingerprint density at radius 3 is 2.39 bits per heavy atom. The third-order valence-corrected chi connectivity index (χ3v) is 4.61. The number of fused-ring (bicyclic) bond motifs is 1. The number of rotatable bonds is 3. The lowest BCUT2D eigenvalue weighted by Gasteiger charge is -2.16. The molecular formula is C18H15Cl2NO2. The molecular weight excluding hydrogens is 333 g/mol. The Hall–Kier alpha value is -1.97. The molecule has 0 aliphatic heterocycles. The highest BCUT2D eigenvalue weighted by molar-refractivity contribution is 6.36. The molecule has 0 spiro atoms. The van der Waals surface area contributed by atoms with E-state index in [9.17, 15) is 4.79 Å². The van der Waals surface area contributed by atoms with E-state index in [4.69, 9.17) is 27.9 Å². The maximum absolute atomic E-state index is 12.6. The van der Waals surface area contributed by atoms with Gasteiger partial charge < -0.3 is 9.30 Å². The van der Waals surface area contributed by atoms with Crippen LogP contribution < -0.4 is 10.3 Å². The van der Waals surface area contributed by atoms with E-state index >= 15 is 0 Å². The highest BCUT2D eigenvalue weighted by atomic mass is 35.5. The van der Waals surface area contributed by atoms with Crippen LogP contribution >= 0.6 is 23.2 Å². The molecule has 118 valence electrons. The lowest BCUT2D eigenvalue weighted by atomic mass is 10.1. The van der Waals surface area contributed by atoms with Gasteiger partial charge >= 0.3 is 0 Å². The summed E-state index contributed by atoms with van der Waals surface area (Å²) >= 11 is 12.5. The van der Waals surface area contributed by atoms with Crippen LogP contribution in [0.3, 0.4) is 0 Å². The number of halogens is 2. The van der Waals surface area contributed by atoms with Gasteiger partial charge in [-0.3, -0.25) is 4.79 Å². The predicted molar refractivity (Wildman–Crippen MR) is 95.1 cm³/mol. The van der Waals surface area contributed by atoms with Crippen LogP contribution in [0.25, 0.3) is 10.9 Å². The molecule has 3 rings (SSSR count). The summed E-state index contributed by atoms with van der Waals surface area (Å²) in [7, 11) is 1.59. The average Bonchev–Trinajstić information content (AvgIpc) is 2.53. The molecule has 23 heavy (non-hydrogen) atoms. The quantitative estimate of drug-likeness (QED) is 0.689. The molecule has 0 amide bonds. The summed E-state index contributed by atoms with van der Waals surface area (Å²) in [5.74, 6) is 0.645. The molecule has 1 heterocycles. The summed E-state index contributed by atoms with van der Waals surface area (Å²) in [4.78, 5) is 12.6. The smallest absolute Gasteiger partial charge is 0.251 e. The molecule has 3 nitrogen and oxygen atoms in total. The number of aryl methyl sites for hydroxylation is 1. The largest absolute Gasteiger partial charge is 0.495 e. The van der Waals surface area contributed by atoms with Crippen LogP contribution in [0, 0.1) is 6.92 Å². The van der Waals surface area contributed by atoms with E-state index in [1.54, 1.807) is 35.9 Å². The summed E-state index contributed by atoms with van der Waals surface area (Å²) in [6.45, 7) is 2.20. The third-order valence-electron chi connectivity index (χ3n) is 3.90. The van der Waals surface area contributed by atoms with Gasteiger partial charge in [-0.25, -0.2) is 0 Å². The molecule has 0 N–H and O–H groups in total. The van der Waals surface area contributed by atoms with Crippen LogP contribution in [-0.2, 0) is 6.54 Å². The summed E-state index contributed by atoms with van der Waals surface area (Å²) in [5, 5.41) is 2.04. The number of para-hydroxylation sites is 1. The Balaban J connectivity index is 2.31. The van der Waals surface area contributed by atoms with Gasteiger partial charge in [0.05, 0.1) is 19.2 Å². The molecule has 0 radical (unpaired) electrons. The van der Waals surface area contributed by atoms with Gasteiger partial charge in [-0.15, -0.1) is 0 Å². The Morgan fingerprint density at radius 1 is 1.09 bits per heavy atom. The van der Waals surface area contributed by atoms with E-state index < -0.39 is 0 Å². The van der Waals surface area contributed by atoms with Crippen molar-refractivity contribution in [3.05, 3.63) is 74.0 Å². The summed E-state index contributed by atoms with van der Waals surface area (Å²) < 4.78 is 7.10. The fraction of sp³-hybridized carbons (Fsp3) is 0.167. The molecule has 0 aliphatic rings. The van der Waals surface area contributed by atoms with Gasteiger partial charge in [-0.05, 0) is 30.7 Å². The second-order valence-electron chi connectivity index (χ2n) is 5.31. The van der Waals surface area contributed by atoms with Crippen molar-refractivity contribution in [1.82, 2.24) is 4.57 Å². The third kappa shape index (κ3) is 2.82. The first-order chi connectivity index (χ1) is 11.0. The topological polar surface area (TPSA) is 31.2 Å². The van der Waals surface area contributed by atoms with Crippen LogP contribution in [-0.4, -0.2) is 11.7 Å². The molecule has 0 fully saturated rings. The van der Waals surface area contributed by atoms with Crippen molar-refractivity contribution in [2.45, 2.75) is 13.5 Å². The van der Waals surface area contributed by atoms with E-state index in [1.807, 2.05) is 25.1 Å². The number of benzene rings is 2. The van der Waals surface area contributed by atoms with Gasteiger partial charge in [0.2, 0.25) is 0 Å². The molecule has 2 aromatic carbocycles. The number of hydrogen-bond donors (Lipinski definition) is 0. The minimum absolute atomic E-state index is 0.115. The predicted octanol–water partition coefficient (Wildman–Crippen LogP) is 4.67. The maximum Gasteiger partial charge on any atom is 0.251 e. The van der Waals surface area contributed by atoms with Crippen molar-refractivity contribution in [3.8, 4) is 5.75 Å². The average molecular weight is 348 g/mol. The lowest BCUT2D eigenvalue weighted by molar-refractivity contribution is 0.417. The van der Waals surface area contributed by atoms with Gasteiger partial charge in [0.15, 0.2) is 0 Å². The van der Waals surface area contributed by atoms with Crippen LogP contribution in [0.1, 0.15) is 11.1 Å². The molecule has 0 saturated carbocycles. The van der Waals surface area contributed by atoms with Crippen LogP contribution in [0.15, 0.2) is 47.3 Å². The number of hydrogen-bond acceptors (Lipinski definition) is 2. The highest BCUT2D eigenvalue weighted by Gasteiger charge is 2.14. The van der Waals surface area contributed by atoms with Crippen molar-refractivity contribution in [1.29, 1.82) is 0 Å². The van der Waals surface area contributed by atoms with Gasteiger partial charge in [0, 0.05) is 27.1 Å². The van der Waals surface area contributed by atoms with E-state index in [0.717, 1.165) is 16.5 Å². The fourth-order valence-corrected chi connectivity index (χ4v) is 3.25. The molecule has 0 atom stereocenters. The number of methoxy groups -OCH3 is 1. The monoisotopic (exact) mass is 347 g/mol. The first kappa shape index (κ1) is 15.9. The first-order valence-corrected chi connectivity index (χ1v) is 7.88. The number of aromatic nitrogens is 1. The number of ether oxygens (including phenoxy) is 1. The fourth-order valence-electron chi connectivity index (χ4n) is 2.73. The Labute approximate surface area is 144 Å². The van der Waals surface area contributed by atoms with E-state index in [0.29, 0.717) is 21.4 Å². The number of nitrogens with zero attached hydrogens (tertiary/aromatic N) is 1. The van der Waals surface area contributed by atoms with Crippen molar-refractivity contribution >= 4 is 34.1 Å². The normalized spacial score (nSPS) is 11.0. The van der Waals surface area contributed by atoms with Gasteiger partial charge in [-0.1, -0.05) is 41.4 Å². The zero-order valence-electron chi connectivity index (χ0n) is 12.8. The van der Waals surface area contributed by atoms with Gasteiger partial charge in [0.25, 0.3) is 5.56 Å². The highest BCUT2D eigenvalue weighted by Crippen LogP contribution is 2.29. The lowest BCUT2D eigenvalue weighted by Crippen LogP contribution is -2.21. The van der Waals surface area contributed by atoms with E-state index in [-0.39, 0.29) is 12.1 Å². The molecule has 5 heteroatoms. The molecule has 0 aliphatic carbocycles. The molecule has 1 aromatic heterocycles. The van der Waals surface area contributed by atoms with Crippen molar-refractivity contribution in [2.24, 2.45) is 0 Å². The van der Waals surface area contributed by atoms with E-state index in [2.05, 4.69) is 0 Å². The molecule has 0 unspecified atom stereocenters. The number of pyridine rings is 1. The SMILES string of the molecule is COc1cccc2c(C)cc(=O)n(Cc3c(Cl)cccc3Cl)c12. The van der Waals surface area contributed by atoms with Crippen LogP contribution in [0.5, 0.6) is 5.75 Å². The second kappa shape index (κ2) is 6.26. The molecule has 3 aromatic rings. The summed E-state index contributed by atoms with van der Waals surface area (Å²) in [5.41, 5.74) is 2.26.